The van der Waals surface area contributed by atoms with Crippen LogP contribution in [-0.2, 0) is 6.42 Å². The van der Waals surface area contributed by atoms with Crippen LogP contribution < -0.4 is 10.6 Å². The zero-order valence-corrected chi connectivity index (χ0v) is 17.3. The number of carbonyl (C=O) groups excluding carboxylic acids is 1. The number of anilines is 1. The first kappa shape index (κ1) is 19.2. The second kappa shape index (κ2) is 8.45. The number of aromatic nitrogens is 1. The number of carbonyl (C=O) groups is 1. The third kappa shape index (κ3) is 4.81. The standard InChI is InChI=1S/C24H23N3OS/c1-16-3-6-18(7-4-16)13-14-25-24(28)26-20-10-8-19(9-11-20)23-27-21-12-5-17(2)15-22(21)29-23/h3-12,15H,13-14H2,1-2H3,(H2,25,26,28). The van der Waals surface area contributed by atoms with E-state index in [0.29, 0.717) is 6.54 Å². The average molecular weight is 402 g/mol. The first-order chi connectivity index (χ1) is 14.1. The van der Waals surface area contributed by atoms with Crippen molar-refractivity contribution in [2.24, 2.45) is 0 Å². The molecule has 0 fully saturated rings. The minimum Gasteiger partial charge on any atom is -0.338 e. The van der Waals surface area contributed by atoms with Gasteiger partial charge in [-0.15, -0.1) is 11.3 Å². The summed E-state index contributed by atoms with van der Waals surface area (Å²) in [6.45, 7) is 4.75. The SMILES string of the molecule is Cc1ccc(CCNC(=O)Nc2ccc(-c3nc4ccc(C)cc4s3)cc2)cc1. The van der Waals surface area contributed by atoms with Crippen molar-refractivity contribution in [3.8, 4) is 10.6 Å². The van der Waals surface area contributed by atoms with E-state index >= 15 is 0 Å². The molecule has 4 aromatic rings. The highest BCUT2D eigenvalue weighted by atomic mass is 32.1. The quantitative estimate of drug-likeness (QED) is 0.434. The fourth-order valence-corrected chi connectivity index (χ4v) is 4.17. The van der Waals surface area contributed by atoms with Gasteiger partial charge >= 0.3 is 6.03 Å². The van der Waals surface area contributed by atoms with Crippen LogP contribution in [0.15, 0.2) is 66.7 Å². The Bertz CT molecular complexity index is 1130. The first-order valence-electron chi connectivity index (χ1n) is 9.65. The molecule has 0 bridgehead atoms. The number of hydrogen-bond acceptors (Lipinski definition) is 3. The molecule has 5 heteroatoms. The minimum atomic E-state index is -0.194. The zero-order valence-electron chi connectivity index (χ0n) is 16.5. The molecule has 1 aromatic heterocycles. The molecule has 0 aliphatic carbocycles. The maximum atomic E-state index is 12.1. The van der Waals surface area contributed by atoms with Gasteiger partial charge in [-0.2, -0.15) is 0 Å². The number of nitrogens with one attached hydrogen (secondary N) is 2. The van der Waals surface area contributed by atoms with Crippen LogP contribution in [0.4, 0.5) is 10.5 Å². The van der Waals surface area contributed by atoms with Crippen LogP contribution >= 0.6 is 11.3 Å². The van der Waals surface area contributed by atoms with Crippen molar-refractivity contribution in [1.29, 1.82) is 0 Å². The van der Waals surface area contributed by atoms with E-state index in [1.165, 1.54) is 21.4 Å². The Morgan fingerprint density at radius 2 is 1.66 bits per heavy atom. The number of fused-ring (bicyclic) bond motifs is 1. The highest BCUT2D eigenvalue weighted by Gasteiger charge is 2.07. The van der Waals surface area contributed by atoms with E-state index < -0.39 is 0 Å². The Labute approximate surface area is 174 Å². The monoisotopic (exact) mass is 401 g/mol. The topological polar surface area (TPSA) is 54.0 Å². The van der Waals surface area contributed by atoms with Crippen LogP contribution in [0.3, 0.4) is 0 Å². The second-order valence-electron chi connectivity index (χ2n) is 7.18. The summed E-state index contributed by atoms with van der Waals surface area (Å²) in [5, 5.41) is 6.77. The first-order valence-corrected chi connectivity index (χ1v) is 10.5. The number of rotatable bonds is 5. The Kier molecular flexibility index (Phi) is 5.58. The van der Waals surface area contributed by atoms with Crippen LogP contribution in [0.2, 0.25) is 0 Å². The van der Waals surface area contributed by atoms with Gasteiger partial charge in [-0.25, -0.2) is 9.78 Å². The molecule has 0 saturated heterocycles. The maximum absolute atomic E-state index is 12.1. The second-order valence-corrected chi connectivity index (χ2v) is 8.21. The summed E-state index contributed by atoms with van der Waals surface area (Å²) < 4.78 is 1.19. The number of amides is 2. The molecule has 0 radical (unpaired) electrons. The predicted octanol–water partition coefficient (Wildman–Crippen LogP) is 5.94. The van der Waals surface area contributed by atoms with Gasteiger partial charge in [-0.1, -0.05) is 35.9 Å². The summed E-state index contributed by atoms with van der Waals surface area (Å²) in [7, 11) is 0. The van der Waals surface area contributed by atoms with Crippen LogP contribution in [0.1, 0.15) is 16.7 Å². The molecular formula is C24H23N3OS. The number of benzene rings is 3. The average Bonchev–Trinajstić information content (AvgIpc) is 3.13. The minimum absolute atomic E-state index is 0.194. The zero-order chi connectivity index (χ0) is 20.2. The van der Waals surface area contributed by atoms with Gasteiger partial charge in [0.2, 0.25) is 0 Å². The van der Waals surface area contributed by atoms with Gasteiger partial charge in [0.15, 0.2) is 0 Å². The summed E-state index contributed by atoms with van der Waals surface area (Å²) in [5.74, 6) is 0. The number of aryl methyl sites for hydroxylation is 2. The molecule has 1 heterocycles. The van der Waals surface area contributed by atoms with E-state index in [1.54, 1.807) is 11.3 Å². The third-order valence-corrected chi connectivity index (χ3v) is 5.82. The molecule has 0 aliphatic heterocycles. The molecule has 4 nitrogen and oxygen atoms in total. The Morgan fingerprint density at radius 3 is 2.41 bits per heavy atom. The van der Waals surface area contributed by atoms with Gasteiger partial charge in [-0.05, 0) is 67.8 Å². The van der Waals surface area contributed by atoms with Gasteiger partial charge in [0.1, 0.15) is 5.01 Å². The Morgan fingerprint density at radius 1 is 0.931 bits per heavy atom. The van der Waals surface area contributed by atoms with Gasteiger partial charge in [0.25, 0.3) is 0 Å². The fraction of sp³-hybridized carbons (Fsp3) is 0.167. The Balaban J connectivity index is 1.33. The molecule has 0 unspecified atom stereocenters. The normalized spacial score (nSPS) is 10.8. The highest BCUT2D eigenvalue weighted by Crippen LogP contribution is 2.31. The van der Waals surface area contributed by atoms with Crippen molar-refractivity contribution in [1.82, 2.24) is 10.3 Å². The fourth-order valence-electron chi connectivity index (χ4n) is 3.10. The number of hydrogen-bond donors (Lipinski definition) is 2. The molecule has 0 saturated carbocycles. The predicted molar refractivity (Wildman–Crippen MR) is 122 cm³/mol. The smallest absolute Gasteiger partial charge is 0.319 e. The largest absolute Gasteiger partial charge is 0.338 e. The van der Waals surface area contributed by atoms with E-state index in [0.717, 1.165) is 28.2 Å². The summed E-state index contributed by atoms with van der Waals surface area (Å²) in [5.41, 5.74) is 6.52. The molecule has 4 rings (SSSR count). The van der Waals surface area contributed by atoms with E-state index in [2.05, 4.69) is 66.9 Å². The van der Waals surface area contributed by atoms with Gasteiger partial charge in [0.05, 0.1) is 10.2 Å². The van der Waals surface area contributed by atoms with E-state index in [4.69, 9.17) is 4.98 Å². The van der Waals surface area contributed by atoms with Crippen LogP contribution in [-0.4, -0.2) is 17.6 Å². The molecule has 2 N–H and O–H groups in total. The molecule has 2 amide bonds. The summed E-state index contributed by atoms with van der Waals surface area (Å²) in [6, 6.07) is 22.3. The molecule has 3 aromatic carbocycles. The van der Waals surface area contributed by atoms with Gasteiger partial charge < -0.3 is 10.6 Å². The lowest BCUT2D eigenvalue weighted by molar-refractivity contribution is 0.252. The maximum Gasteiger partial charge on any atom is 0.319 e. The van der Waals surface area contributed by atoms with Crippen molar-refractivity contribution in [3.63, 3.8) is 0 Å². The van der Waals surface area contributed by atoms with Crippen LogP contribution in [0.5, 0.6) is 0 Å². The summed E-state index contributed by atoms with van der Waals surface area (Å²) >= 11 is 1.68. The summed E-state index contributed by atoms with van der Waals surface area (Å²) in [4.78, 5) is 16.8. The van der Waals surface area contributed by atoms with Crippen molar-refractivity contribution >= 4 is 33.3 Å². The lowest BCUT2D eigenvalue weighted by Gasteiger charge is -2.08. The lowest BCUT2D eigenvalue weighted by atomic mass is 10.1. The molecular weight excluding hydrogens is 378 g/mol. The van der Waals surface area contributed by atoms with Gasteiger partial charge in [-0.3, -0.25) is 0 Å². The van der Waals surface area contributed by atoms with E-state index in [1.807, 2.05) is 24.3 Å². The van der Waals surface area contributed by atoms with E-state index in [9.17, 15) is 4.79 Å². The molecule has 0 aliphatic rings. The third-order valence-electron chi connectivity index (χ3n) is 4.75. The molecule has 29 heavy (non-hydrogen) atoms. The number of urea groups is 1. The van der Waals surface area contributed by atoms with Gasteiger partial charge in [0, 0.05) is 17.8 Å². The number of thiazole rings is 1. The highest BCUT2D eigenvalue weighted by molar-refractivity contribution is 7.21. The van der Waals surface area contributed by atoms with E-state index in [-0.39, 0.29) is 6.03 Å². The van der Waals surface area contributed by atoms with Crippen molar-refractivity contribution in [2.45, 2.75) is 20.3 Å². The Hall–Kier alpha value is -3.18. The van der Waals surface area contributed by atoms with Crippen LogP contribution in [0, 0.1) is 13.8 Å². The van der Waals surface area contributed by atoms with Crippen molar-refractivity contribution < 1.29 is 4.79 Å². The van der Waals surface area contributed by atoms with Crippen molar-refractivity contribution in [2.75, 3.05) is 11.9 Å². The lowest BCUT2D eigenvalue weighted by Crippen LogP contribution is -2.30. The molecule has 0 spiro atoms. The number of nitrogens with zero attached hydrogens (tertiary/aromatic N) is 1. The van der Waals surface area contributed by atoms with Crippen molar-refractivity contribution in [3.05, 3.63) is 83.4 Å². The van der Waals surface area contributed by atoms with Crippen LogP contribution in [0.25, 0.3) is 20.8 Å². The summed E-state index contributed by atoms with van der Waals surface area (Å²) in [6.07, 6.45) is 0.809. The molecule has 0 atom stereocenters. The molecule has 146 valence electrons.